The fraction of sp³-hybridized carbons (Fsp3) is 0.385. The first-order valence-corrected chi connectivity index (χ1v) is 6.05. The van der Waals surface area contributed by atoms with E-state index in [9.17, 15) is 9.59 Å². The van der Waals surface area contributed by atoms with Crippen molar-refractivity contribution in [1.82, 2.24) is 5.32 Å². The Morgan fingerprint density at radius 2 is 1.94 bits per heavy atom. The van der Waals surface area contributed by atoms with Crippen LogP contribution in [0.15, 0.2) is 24.3 Å². The molecule has 18 heavy (non-hydrogen) atoms. The van der Waals surface area contributed by atoms with Gasteiger partial charge in [0.05, 0.1) is 6.42 Å². The third kappa shape index (κ3) is 4.04. The number of halogens is 1. The smallest absolute Gasteiger partial charge is 0.326 e. The molecular formula is C13H16ClNO3. The second kappa shape index (κ2) is 6.40. The van der Waals surface area contributed by atoms with Crippen LogP contribution in [0.25, 0.3) is 0 Å². The average molecular weight is 270 g/mol. The second-order valence-corrected chi connectivity index (χ2v) is 4.80. The molecule has 0 aliphatic carbocycles. The van der Waals surface area contributed by atoms with Gasteiger partial charge in [-0.05, 0) is 17.5 Å². The molecule has 4 nitrogen and oxygen atoms in total. The molecule has 0 saturated carbocycles. The van der Waals surface area contributed by atoms with Crippen LogP contribution in [0.5, 0.6) is 0 Å². The van der Waals surface area contributed by atoms with Crippen molar-refractivity contribution < 1.29 is 14.7 Å². The van der Waals surface area contributed by atoms with Gasteiger partial charge in [-0.3, -0.25) is 4.79 Å². The molecule has 1 amide bonds. The van der Waals surface area contributed by atoms with Crippen LogP contribution < -0.4 is 5.32 Å². The van der Waals surface area contributed by atoms with E-state index in [1.807, 2.05) is 0 Å². The molecule has 1 atom stereocenters. The Morgan fingerprint density at radius 3 is 2.44 bits per heavy atom. The minimum absolute atomic E-state index is 0.0795. The van der Waals surface area contributed by atoms with Crippen LogP contribution in [0.1, 0.15) is 19.4 Å². The zero-order valence-electron chi connectivity index (χ0n) is 10.3. The molecule has 1 aromatic rings. The maximum absolute atomic E-state index is 11.8. The van der Waals surface area contributed by atoms with Crippen LogP contribution in [-0.4, -0.2) is 23.0 Å². The molecule has 5 heteroatoms. The van der Waals surface area contributed by atoms with Gasteiger partial charge in [-0.1, -0.05) is 43.6 Å². The van der Waals surface area contributed by atoms with E-state index in [0.717, 1.165) is 0 Å². The Balaban J connectivity index is 2.67. The number of rotatable bonds is 5. The van der Waals surface area contributed by atoms with E-state index in [4.69, 9.17) is 16.7 Å². The third-order valence-corrected chi connectivity index (χ3v) is 2.93. The summed E-state index contributed by atoms with van der Waals surface area (Å²) in [5.74, 6) is -1.54. The molecule has 0 heterocycles. The Morgan fingerprint density at radius 1 is 1.33 bits per heavy atom. The zero-order chi connectivity index (χ0) is 13.7. The highest BCUT2D eigenvalue weighted by molar-refractivity contribution is 6.31. The van der Waals surface area contributed by atoms with Crippen molar-refractivity contribution in [2.24, 2.45) is 5.92 Å². The summed E-state index contributed by atoms with van der Waals surface area (Å²) < 4.78 is 0. The summed E-state index contributed by atoms with van der Waals surface area (Å²) in [5.41, 5.74) is 0.685. The normalized spacial score (nSPS) is 12.2. The third-order valence-electron chi connectivity index (χ3n) is 2.56. The molecule has 0 fully saturated rings. The van der Waals surface area contributed by atoms with Gasteiger partial charge in [0.2, 0.25) is 5.91 Å². The van der Waals surface area contributed by atoms with Gasteiger partial charge in [0, 0.05) is 5.02 Å². The number of amides is 1. The number of benzene rings is 1. The first-order valence-electron chi connectivity index (χ1n) is 5.67. The zero-order valence-corrected chi connectivity index (χ0v) is 11.1. The summed E-state index contributed by atoms with van der Waals surface area (Å²) >= 11 is 5.93. The minimum atomic E-state index is -1.03. The van der Waals surface area contributed by atoms with Gasteiger partial charge in [-0.15, -0.1) is 0 Å². The molecular weight excluding hydrogens is 254 g/mol. The topological polar surface area (TPSA) is 66.4 Å². The summed E-state index contributed by atoms with van der Waals surface area (Å²) in [4.78, 5) is 22.7. The van der Waals surface area contributed by atoms with Crippen LogP contribution in [0, 0.1) is 5.92 Å². The van der Waals surface area contributed by atoms with Crippen molar-refractivity contribution in [3.63, 3.8) is 0 Å². The predicted octanol–water partition coefficient (Wildman–Crippen LogP) is 2.11. The van der Waals surface area contributed by atoms with Gasteiger partial charge in [0.25, 0.3) is 0 Å². The number of carboxylic acid groups (broad SMARTS) is 1. The van der Waals surface area contributed by atoms with Crippen molar-refractivity contribution in [2.75, 3.05) is 0 Å². The standard InChI is InChI=1S/C13H16ClNO3/c1-8(2)12(13(17)18)15-11(16)7-9-5-3-4-6-10(9)14/h3-6,8,12H,7H2,1-2H3,(H,15,16)(H,17,18)/t12-/m1/s1. The second-order valence-electron chi connectivity index (χ2n) is 4.40. The first kappa shape index (κ1) is 14.5. The number of nitrogens with one attached hydrogen (secondary N) is 1. The minimum Gasteiger partial charge on any atom is -0.480 e. The van der Waals surface area contributed by atoms with Gasteiger partial charge >= 0.3 is 5.97 Å². The number of carbonyl (C=O) groups excluding carboxylic acids is 1. The van der Waals surface area contributed by atoms with Crippen LogP contribution >= 0.6 is 11.6 Å². The van der Waals surface area contributed by atoms with E-state index >= 15 is 0 Å². The lowest BCUT2D eigenvalue weighted by Gasteiger charge is -2.18. The van der Waals surface area contributed by atoms with E-state index in [2.05, 4.69) is 5.32 Å². The Bertz CT molecular complexity index is 446. The molecule has 98 valence electrons. The maximum Gasteiger partial charge on any atom is 0.326 e. The Labute approximate surface area is 111 Å². The van der Waals surface area contributed by atoms with Gasteiger partial charge in [0.1, 0.15) is 6.04 Å². The Hall–Kier alpha value is -1.55. The largest absolute Gasteiger partial charge is 0.480 e. The molecule has 0 unspecified atom stereocenters. The highest BCUT2D eigenvalue weighted by atomic mass is 35.5. The number of carbonyl (C=O) groups is 2. The lowest BCUT2D eigenvalue weighted by atomic mass is 10.0. The maximum atomic E-state index is 11.8. The van der Waals surface area contributed by atoms with Crippen LogP contribution in [-0.2, 0) is 16.0 Å². The fourth-order valence-electron chi connectivity index (χ4n) is 1.55. The van der Waals surface area contributed by atoms with E-state index in [1.54, 1.807) is 38.1 Å². The number of aliphatic carboxylic acids is 1. The molecule has 0 aromatic heterocycles. The summed E-state index contributed by atoms with van der Waals surface area (Å²) in [6, 6.07) is 6.12. The van der Waals surface area contributed by atoms with Crippen molar-refractivity contribution in [3.05, 3.63) is 34.9 Å². The number of carboxylic acids is 1. The molecule has 0 saturated heterocycles. The SMILES string of the molecule is CC(C)[C@@H](NC(=O)Cc1ccccc1Cl)C(=O)O. The summed E-state index contributed by atoms with van der Waals surface area (Å²) in [6.07, 6.45) is 0.0795. The van der Waals surface area contributed by atoms with Crippen LogP contribution in [0.2, 0.25) is 5.02 Å². The summed E-state index contributed by atoms with van der Waals surface area (Å²) in [6.45, 7) is 3.49. The Kier molecular flexibility index (Phi) is 5.16. The van der Waals surface area contributed by atoms with Crippen molar-refractivity contribution in [2.45, 2.75) is 26.3 Å². The molecule has 0 aliphatic rings. The van der Waals surface area contributed by atoms with Gasteiger partial charge in [-0.25, -0.2) is 4.79 Å². The van der Waals surface area contributed by atoms with Crippen molar-refractivity contribution in [3.8, 4) is 0 Å². The summed E-state index contributed by atoms with van der Waals surface area (Å²) in [7, 11) is 0. The number of hydrogen-bond acceptors (Lipinski definition) is 2. The van der Waals surface area contributed by atoms with E-state index in [0.29, 0.717) is 10.6 Å². The highest BCUT2D eigenvalue weighted by Crippen LogP contribution is 2.15. The van der Waals surface area contributed by atoms with Crippen molar-refractivity contribution in [1.29, 1.82) is 0 Å². The van der Waals surface area contributed by atoms with Gasteiger partial charge < -0.3 is 10.4 Å². The fourth-order valence-corrected chi connectivity index (χ4v) is 1.76. The first-order chi connectivity index (χ1) is 8.41. The molecule has 0 aliphatic heterocycles. The number of hydrogen-bond donors (Lipinski definition) is 2. The molecule has 0 radical (unpaired) electrons. The van der Waals surface area contributed by atoms with E-state index in [1.165, 1.54) is 0 Å². The van der Waals surface area contributed by atoms with Crippen LogP contribution in [0.4, 0.5) is 0 Å². The van der Waals surface area contributed by atoms with Crippen LogP contribution in [0.3, 0.4) is 0 Å². The summed E-state index contributed by atoms with van der Waals surface area (Å²) in [5, 5.41) is 12.0. The van der Waals surface area contributed by atoms with Gasteiger partial charge in [0.15, 0.2) is 0 Å². The molecule has 1 aromatic carbocycles. The molecule has 0 spiro atoms. The molecule has 1 rings (SSSR count). The van der Waals surface area contributed by atoms with E-state index < -0.39 is 12.0 Å². The molecule has 2 N–H and O–H groups in total. The predicted molar refractivity (Wildman–Crippen MR) is 69.6 cm³/mol. The van der Waals surface area contributed by atoms with Gasteiger partial charge in [-0.2, -0.15) is 0 Å². The molecule has 0 bridgehead atoms. The monoisotopic (exact) mass is 269 g/mol. The lowest BCUT2D eigenvalue weighted by Crippen LogP contribution is -2.44. The quantitative estimate of drug-likeness (QED) is 0.860. The average Bonchev–Trinajstić information content (AvgIpc) is 2.28. The van der Waals surface area contributed by atoms with Crippen molar-refractivity contribution >= 4 is 23.5 Å². The highest BCUT2D eigenvalue weighted by Gasteiger charge is 2.23. The lowest BCUT2D eigenvalue weighted by molar-refractivity contribution is -0.143. The van der Waals surface area contributed by atoms with E-state index in [-0.39, 0.29) is 18.2 Å².